The van der Waals surface area contributed by atoms with Gasteiger partial charge in [0.05, 0.1) is 5.92 Å². The van der Waals surface area contributed by atoms with E-state index < -0.39 is 12.1 Å². The van der Waals surface area contributed by atoms with E-state index in [0.717, 1.165) is 43.1 Å². The number of rotatable bonds is 4. The second kappa shape index (κ2) is 7.82. The number of nitrogens with one attached hydrogen (secondary N) is 1. The lowest BCUT2D eigenvalue weighted by molar-refractivity contribution is -0.168. The summed E-state index contributed by atoms with van der Waals surface area (Å²) in [5.74, 6) is 2.62. The third-order valence-corrected chi connectivity index (χ3v) is 8.92. The van der Waals surface area contributed by atoms with Gasteiger partial charge in [-0.05, 0) is 43.7 Å². The summed E-state index contributed by atoms with van der Waals surface area (Å²) in [6, 6.07) is 3.87. The molecule has 7 rings (SSSR count). The quantitative estimate of drug-likeness (QED) is 0.688. The molecule has 2 aliphatic carbocycles. The molecule has 5 aliphatic rings. The smallest absolute Gasteiger partial charge is 0.356 e. The molecule has 1 spiro atoms. The summed E-state index contributed by atoms with van der Waals surface area (Å²) in [6.45, 7) is 3.30. The van der Waals surface area contributed by atoms with E-state index in [4.69, 9.17) is 0 Å². The van der Waals surface area contributed by atoms with E-state index in [-0.39, 0.29) is 30.3 Å². The number of amides is 2. The van der Waals surface area contributed by atoms with E-state index in [1.807, 2.05) is 21.9 Å². The fourth-order valence-corrected chi connectivity index (χ4v) is 6.46. The van der Waals surface area contributed by atoms with Gasteiger partial charge in [0.25, 0.3) is 0 Å². The number of hydrogen-bond acceptors (Lipinski definition) is 5. The predicted octanol–water partition coefficient (Wildman–Crippen LogP) is 3.86. The van der Waals surface area contributed by atoms with Crippen molar-refractivity contribution in [2.24, 2.45) is 11.3 Å². The summed E-state index contributed by atoms with van der Waals surface area (Å²) in [6.07, 6.45) is 2.28. The van der Waals surface area contributed by atoms with Crippen LogP contribution in [0.2, 0.25) is 0 Å². The van der Waals surface area contributed by atoms with E-state index in [0.29, 0.717) is 37.3 Å². The fraction of sp³-hybridized carbons (Fsp3) is 0.680. The molecule has 0 unspecified atom stereocenters. The molecule has 2 aromatic rings. The monoisotopic (exact) mass is 501 g/mol. The normalized spacial score (nSPS) is 26.2. The molecule has 36 heavy (non-hydrogen) atoms. The van der Waals surface area contributed by atoms with Crippen LogP contribution >= 0.6 is 0 Å². The topological polar surface area (TPSA) is 81.2 Å². The summed E-state index contributed by atoms with van der Waals surface area (Å²) in [5, 5.41) is 8.66. The first-order valence-electron chi connectivity index (χ1n) is 13.0. The Morgan fingerprint density at radius 3 is 2.28 bits per heavy atom. The number of hydrogen-bond donors (Lipinski definition) is 1. The number of carbonyl (C=O) groups excluding carboxylic acids is 1. The van der Waals surface area contributed by atoms with Crippen molar-refractivity contribution in [2.75, 3.05) is 44.2 Å². The standard InChI is InChI=1S/C25H30F3N7O/c26-25(27,28)19-5-6-33(12-19)20-4-3-16(9-29-20)18-10-34(11-18)23(36)35-13-24(14-35)7-17(8-24)22-30-21(31-32-22)15-1-2-15/h3-4,9,15,17-19H,1-2,5-8,10-14H2,(H,30,31,32)/t19-/m1/s1. The van der Waals surface area contributed by atoms with Gasteiger partial charge in [0.15, 0.2) is 0 Å². The highest BCUT2D eigenvalue weighted by Crippen LogP contribution is 2.56. The lowest BCUT2D eigenvalue weighted by Gasteiger charge is -2.59. The van der Waals surface area contributed by atoms with Crippen molar-refractivity contribution in [1.82, 2.24) is 30.0 Å². The van der Waals surface area contributed by atoms with Crippen molar-refractivity contribution in [2.45, 2.75) is 56.0 Å². The Labute approximate surface area is 207 Å². The van der Waals surface area contributed by atoms with Crippen LogP contribution in [0.4, 0.5) is 23.8 Å². The molecule has 0 aromatic carbocycles. The number of pyridine rings is 1. The van der Waals surface area contributed by atoms with Gasteiger partial charge in [0.1, 0.15) is 17.5 Å². The number of aromatic amines is 1. The highest BCUT2D eigenvalue weighted by molar-refractivity contribution is 5.77. The Hall–Kier alpha value is -2.85. The van der Waals surface area contributed by atoms with Crippen molar-refractivity contribution in [1.29, 1.82) is 0 Å². The van der Waals surface area contributed by atoms with Gasteiger partial charge in [0.2, 0.25) is 0 Å². The van der Waals surface area contributed by atoms with Crippen LogP contribution in [0.1, 0.15) is 67.1 Å². The number of aromatic nitrogens is 4. The average molecular weight is 502 g/mol. The fourth-order valence-electron chi connectivity index (χ4n) is 6.46. The third-order valence-electron chi connectivity index (χ3n) is 8.92. The molecule has 0 radical (unpaired) electrons. The van der Waals surface area contributed by atoms with E-state index in [9.17, 15) is 18.0 Å². The SMILES string of the molecule is O=C(N1CC(c2ccc(N3CC[C@@H](C(F)(F)F)C3)nc2)C1)N1CC2(CC(c3nnc(C4CC4)[nH]3)C2)C1. The largest absolute Gasteiger partial charge is 0.393 e. The second-order valence-electron chi connectivity index (χ2n) is 11.6. The molecule has 2 aromatic heterocycles. The Bertz CT molecular complexity index is 1140. The number of carbonyl (C=O) groups is 1. The molecule has 3 aliphatic heterocycles. The van der Waals surface area contributed by atoms with Crippen molar-refractivity contribution in [3.05, 3.63) is 35.5 Å². The molecule has 2 saturated carbocycles. The zero-order chi connectivity index (χ0) is 24.7. The lowest BCUT2D eigenvalue weighted by Crippen LogP contribution is -2.67. The van der Waals surface area contributed by atoms with E-state index in [2.05, 4.69) is 20.2 Å². The first-order chi connectivity index (χ1) is 17.3. The molecule has 3 saturated heterocycles. The van der Waals surface area contributed by atoms with E-state index in [1.165, 1.54) is 12.8 Å². The molecule has 0 bridgehead atoms. The maximum absolute atomic E-state index is 13.0. The van der Waals surface area contributed by atoms with E-state index in [1.54, 1.807) is 11.1 Å². The second-order valence-corrected chi connectivity index (χ2v) is 11.6. The summed E-state index contributed by atoms with van der Waals surface area (Å²) in [4.78, 5) is 26.3. The van der Waals surface area contributed by atoms with Crippen LogP contribution in [0.3, 0.4) is 0 Å². The van der Waals surface area contributed by atoms with Gasteiger partial charge >= 0.3 is 12.2 Å². The van der Waals surface area contributed by atoms with Crippen LogP contribution in [-0.2, 0) is 0 Å². The minimum absolute atomic E-state index is 0.0282. The molecular weight excluding hydrogens is 471 g/mol. The first-order valence-corrected chi connectivity index (χ1v) is 13.0. The number of anilines is 1. The molecule has 1 N–H and O–H groups in total. The van der Waals surface area contributed by atoms with Crippen molar-refractivity contribution < 1.29 is 18.0 Å². The van der Waals surface area contributed by atoms with Gasteiger partial charge in [0, 0.05) is 68.6 Å². The van der Waals surface area contributed by atoms with Crippen LogP contribution in [0.15, 0.2) is 18.3 Å². The molecular formula is C25H30F3N7O. The van der Waals surface area contributed by atoms with Crippen LogP contribution in [0.5, 0.6) is 0 Å². The molecule has 8 nitrogen and oxygen atoms in total. The van der Waals surface area contributed by atoms with Crippen molar-refractivity contribution in [3.63, 3.8) is 0 Å². The Morgan fingerprint density at radius 1 is 0.944 bits per heavy atom. The molecule has 2 amide bonds. The first kappa shape index (κ1) is 22.4. The summed E-state index contributed by atoms with van der Waals surface area (Å²) >= 11 is 0. The predicted molar refractivity (Wildman–Crippen MR) is 125 cm³/mol. The zero-order valence-electron chi connectivity index (χ0n) is 20.0. The number of urea groups is 1. The van der Waals surface area contributed by atoms with Crippen LogP contribution in [0.25, 0.3) is 0 Å². The maximum atomic E-state index is 13.0. The Morgan fingerprint density at radius 2 is 1.67 bits per heavy atom. The number of alkyl halides is 3. The number of nitrogens with zero attached hydrogens (tertiary/aromatic N) is 6. The third kappa shape index (κ3) is 3.82. The summed E-state index contributed by atoms with van der Waals surface area (Å²) < 4.78 is 38.9. The van der Waals surface area contributed by atoms with Crippen LogP contribution in [0, 0.1) is 11.3 Å². The van der Waals surface area contributed by atoms with Gasteiger partial charge in [-0.15, -0.1) is 10.2 Å². The van der Waals surface area contributed by atoms with Gasteiger partial charge in [-0.25, -0.2) is 9.78 Å². The molecule has 1 atom stereocenters. The van der Waals surface area contributed by atoms with Crippen LogP contribution in [-0.4, -0.2) is 81.4 Å². The van der Waals surface area contributed by atoms with Crippen molar-refractivity contribution in [3.8, 4) is 0 Å². The lowest BCUT2D eigenvalue weighted by atomic mass is 9.57. The molecule has 5 fully saturated rings. The molecule has 11 heteroatoms. The van der Waals surface area contributed by atoms with Crippen molar-refractivity contribution >= 4 is 11.8 Å². The summed E-state index contributed by atoms with van der Waals surface area (Å²) in [5.41, 5.74) is 1.28. The van der Waals surface area contributed by atoms with Gasteiger partial charge in [-0.2, -0.15) is 13.2 Å². The number of likely N-dealkylation sites (tertiary alicyclic amines) is 2. The van der Waals surface area contributed by atoms with Gasteiger partial charge in [-0.1, -0.05) is 6.07 Å². The van der Waals surface area contributed by atoms with Gasteiger partial charge < -0.3 is 19.7 Å². The number of halogens is 3. The minimum Gasteiger partial charge on any atom is -0.356 e. The maximum Gasteiger partial charge on any atom is 0.393 e. The molecule has 192 valence electrons. The van der Waals surface area contributed by atoms with E-state index >= 15 is 0 Å². The zero-order valence-corrected chi connectivity index (χ0v) is 20.0. The van der Waals surface area contributed by atoms with Gasteiger partial charge in [-0.3, -0.25) is 0 Å². The van der Waals surface area contributed by atoms with Crippen LogP contribution < -0.4 is 4.90 Å². The highest BCUT2D eigenvalue weighted by Gasteiger charge is 2.56. The summed E-state index contributed by atoms with van der Waals surface area (Å²) in [7, 11) is 0. The minimum atomic E-state index is -4.15. The Kier molecular flexibility index (Phi) is 4.86. The average Bonchev–Trinajstić information content (AvgIpc) is 3.27. The highest BCUT2D eigenvalue weighted by atomic mass is 19.4. The molecule has 5 heterocycles. The number of H-pyrrole nitrogens is 1. The Balaban J connectivity index is 0.866.